The van der Waals surface area contributed by atoms with E-state index in [0.29, 0.717) is 29.4 Å². The molecule has 1 aliphatic rings. The fourth-order valence-electron chi connectivity index (χ4n) is 4.30. The van der Waals surface area contributed by atoms with Crippen LogP contribution in [0, 0.1) is 41.5 Å². The van der Waals surface area contributed by atoms with Crippen LogP contribution in [0.15, 0.2) is 23.1 Å². The molecule has 1 unspecified atom stereocenters. The molecule has 0 radical (unpaired) electrons. The molecule has 7 heteroatoms. The molecule has 0 amide bonds. The first-order valence-electron chi connectivity index (χ1n) is 10.9. The standard InChI is InChI=1S/C25H33NO5S/c1-15-12-22(8-9-24(15)21(7)27)31-14-23-13-26(10-11-30-23)32(28,29)25-19(5)17(3)16(2)18(4)20(25)6/h8-9,12,23H,10-11,13-14H2,1-7H3. The Morgan fingerprint density at radius 1 is 1.03 bits per heavy atom. The molecular weight excluding hydrogens is 426 g/mol. The van der Waals surface area contributed by atoms with Crippen molar-refractivity contribution in [1.29, 1.82) is 0 Å². The van der Waals surface area contributed by atoms with Gasteiger partial charge in [-0.05, 0) is 100 Å². The zero-order chi connectivity index (χ0) is 23.8. The van der Waals surface area contributed by atoms with Crippen LogP contribution in [0.3, 0.4) is 0 Å². The van der Waals surface area contributed by atoms with Gasteiger partial charge in [0.15, 0.2) is 5.78 Å². The Morgan fingerprint density at radius 2 is 1.62 bits per heavy atom. The zero-order valence-corrected chi connectivity index (χ0v) is 20.9. The summed E-state index contributed by atoms with van der Waals surface area (Å²) in [4.78, 5) is 12.0. The van der Waals surface area contributed by atoms with Gasteiger partial charge in [-0.3, -0.25) is 4.79 Å². The minimum atomic E-state index is -3.66. The van der Waals surface area contributed by atoms with Crippen molar-refractivity contribution in [3.8, 4) is 5.75 Å². The highest BCUT2D eigenvalue weighted by Gasteiger charge is 2.34. The lowest BCUT2D eigenvalue weighted by atomic mass is 9.95. The van der Waals surface area contributed by atoms with Crippen LogP contribution >= 0.6 is 0 Å². The van der Waals surface area contributed by atoms with Crippen molar-refractivity contribution in [1.82, 2.24) is 4.31 Å². The molecule has 32 heavy (non-hydrogen) atoms. The topological polar surface area (TPSA) is 72.9 Å². The number of nitrogens with zero attached hydrogens (tertiary/aromatic N) is 1. The largest absolute Gasteiger partial charge is 0.491 e. The Labute approximate surface area is 191 Å². The number of aryl methyl sites for hydroxylation is 1. The summed E-state index contributed by atoms with van der Waals surface area (Å²) in [7, 11) is -3.66. The Balaban J connectivity index is 1.78. The summed E-state index contributed by atoms with van der Waals surface area (Å²) in [6, 6.07) is 5.32. The van der Waals surface area contributed by atoms with E-state index in [-0.39, 0.29) is 25.0 Å². The number of morpholine rings is 1. The van der Waals surface area contributed by atoms with Gasteiger partial charge in [0, 0.05) is 18.7 Å². The molecule has 1 saturated heterocycles. The van der Waals surface area contributed by atoms with Crippen LogP contribution in [0.4, 0.5) is 0 Å². The molecule has 0 N–H and O–H groups in total. The molecule has 1 aliphatic heterocycles. The third-order valence-corrected chi connectivity index (χ3v) is 8.78. The molecule has 0 bridgehead atoms. The van der Waals surface area contributed by atoms with Gasteiger partial charge < -0.3 is 9.47 Å². The molecule has 1 atom stereocenters. The summed E-state index contributed by atoms with van der Waals surface area (Å²) in [6.07, 6.45) is -0.375. The molecule has 0 aromatic heterocycles. The second kappa shape index (κ2) is 9.33. The fourth-order valence-corrected chi connectivity index (χ4v) is 6.32. The van der Waals surface area contributed by atoms with Crippen molar-refractivity contribution >= 4 is 15.8 Å². The van der Waals surface area contributed by atoms with Crippen molar-refractivity contribution in [2.45, 2.75) is 59.5 Å². The van der Waals surface area contributed by atoms with Gasteiger partial charge in [0.2, 0.25) is 10.0 Å². The quantitative estimate of drug-likeness (QED) is 0.605. The van der Waals surface area contributed by atoms with Gasteiger partial charge in [-0.15, -0.1) is 0 Å². The van der Waals surface area contributed by atoms with E-state index in [9.17, 15) is 13.2 Å². The number of carbonyl (C=O) groups excluding carboxylic acids is 1. The Kier molecular flexibility index (Phi) is 7.12. The van der Waals surface area contributed by atoms with Gasteiger partial charge in [-0.1, -0.05) is 0 Å². The highest BCUT2D eigenvalue weighted by Crippen LogP contribution is 2.32. The Hall–Kier alpha value is -2.22. The lowest BCUT2D eigenvalue weighted by Gasteiger charge is -2.33. The molecular formula is C25H33NO5S. The van der Waals surface area contributed by atoms with Gasteiger partial charge in [0.25, 0.3) is 0 Å². The van der Waals surface area contributed by atoms with Crippen molar-refractivity contribution in [2.24, 2.45) is 0 Å². The number of hydrogen-bond acceptors (Lipinski definition) is 5. The number of sulfonamides is 1. The summed E-state index contributed by atoms with van der Waals surface area (Å²) >= 11 is 0. The van der Waals surface area contributed by atoms with E-state index in [2.05, 4.69) is 0 Å². The average molecular weight is 460 g/mol. The number of carbonyl (C=O) groups is 1. The molecule has 2 aromatic carbocycles. The van der Waals surface area contributed by atoms with Gasteiger partial charge in [-0.25, -0.2) is 8.42 Å². The molecule has 0 spiro atoms. The zero-order valence-electron chi connectivity index (χ0n) is 20.0. The number of rotatable bonds is 6. The molecule has 1 fully saturated rings. The number of benzene rings is 2. The summed E-state index contributed by atoms with van der Waals surface area (Å²) in [6.45, 7) is 14.3. The van der Waals surface area contributed by atoms with Crippen LogP contribution in [0.2, 0.25) is 0 Å². The van der Waals surface area contributed by atoms with Crippen molar-refractivity contribution in [3.05, 3.63) is 57.1 Å². The van der Waals surface area contributed by atoms with E-state index in [1.54, 1.807) is 12.1 Å². The minimum Gasteiger partial charge on any atom is -0.491 e. The second-order valence-electron chi connectivity index (χ2n) is 8.65. The summed E-state index contributed by atoms with van der Waals surface area (Å²) in [5, 5.41) is 0. The maximum Gasteiger partial charge on any atom is 0.243 e. The van der Waals surface area contributed by atoms with Crippen LogP contribution in [-0.2, 0) is 14.8 Å². The normalized spacial score (nSPS) is 17.4. The van der Waals surface area contributed by atoms with Gasteiger partial charge >= 0.3 is 0 Å². The maximum absolute atomic E-state index is 13.6. The smallest absolute Gasteiger partial charge is 0.243 e. The number of hydrogen-bond donors (Lipinski definition) is 0. The predicted octanol–water partition coefficient (Wildman–Crippen LogP) is 4.21. The van der Waals surface area contributed by atoms with Crippen molar-refractivity contribution in [2.75, 3.05) is 26.3 Å². The van der Waals surface area contributed by atoms with Gasteiger partial charge in [0.05, 0.1) is 11.5 Å². The molecule has 2 aromatic rings. The summed E-state index contributed by atoms with van der Waals surface area (Å²) < 4.78 is 40.4. The van der Waals surface area contributed by atoms with E-state index >= 15 is 0 Å². The van der Waals surface area contributed by atoms with E-state index in [1.165, 1.54) is 11.2 Å². The van der Waals surface area contributed by atoms with Crippen molar-refractivity contribution < 1.29 is 22.7 Å². The van der Waals surface area contributed by atoms with Crippen LogP contribution in [0.5, 0.6) is 5.75 Å². The SMILES string of the molecule is CC(=O)c1ccc(OCC2CN(S(=O)(=O)c3c(C)c(C)c(C)c(C)c3C)CCO2)cc1C. The lowest BCUT2D eigenvalue weighted by molar-refractivity contribution is -0.0249. The minimum absolute atomic E-state index is 0.0117. The first-order chi connectivity index (χ1) is 14.9. The first kappa shape index (κ1) is 24.4. The van der Waals surface area contributed by atoms with E-state index in [0.717, 1.165) is 33.4 Å². The molecule has 0 aliphatic carbocycles. The average Bonchev–Trinajstić information content (AvgIpc) is 2.75. The predicted molar refractivity (Wildman–Crippen MR) is 125 cm³/mol. The molecule has 6 nitrogen and oxygen atoms in total. The highest BCUT2D eigenvalue weighted by molar-refractivity contribution is 7.89. The highest BCUT2D eigenvalue weighted by atomic mass is 32.2. The van der Waals surface area contributed by atoms with Crippen LogP contribution in [-0.4, -0.2) is 50.9 Å². The molecule has 3 rings (SSSR count). The summed E-state index contributed by atoms with van der Waals surface area (Å²) in [5.41, 5.74) is 6.31. The third kappa shape index (κ3) is 4.60. The van der Waals surface area contributed by atoms with E-state index < -0.39 is 10.0 Å². The van der Waals surface area contributed by atoms with Crippen LogP contribution in [0.25, 0.3) is 0 Å². The summed E-state index contributed by atoms with van der Waals surface area (Å²) in [5.74, 6) is 0.644. The van der Waals surface area contributed by atoms with Gasteiger partial charge in [-0.2, -0.15) is 4.31 Å². The van der Waals surface area contributed by atoms with E-state index in [1.807, 2.05) is 47.6 Å². The molecule has 0 saturated carbocycles. The monoisotopic (exact) mass is 459 g/mol. The number of ether oxygens (including phenoxy) is 2. The van der Waals surface area contributed by atoms with E-state index in [4.69, 9.17) is 9.47 Å². The van der Waals surface area contributed by atoms with Crippen LogP contribution < -0.4 is 4.74 Å². The lowest BCUT2D eigenvalue weighted by Crippen LogP contribution is -2.47. The Morgan fingerprint density at radius 3 is 2.19 bits per heavy atom. The third-order valence-electron chi connectivity index (χ3n) is 6.64. The van der Waals surface area contributed by atoms with Crippen LogP contribution in [0.1, 0.15) is 50.7 Å². The Bertz CT molecular complexity index is 1120. The number of Topliss-reactive ketones (excluding diaryl/α,β-unsaturated/α-hetero) is 1. The number of ketones is 1. The molecule has 1 heterocycles. The van der Waals surface area contributed by atoms with Crippen molar-refractivity contribution in [3.63, 3.8) is 0 Å². The maximum atomic E-state index is 13.6. The van der Waals surface area contributed by atoms with Gasteiger partial charge in [0.1, 0.15) is 18.5 Å². The first-order valence-corrected chi connectivity index (χ1v) is 12.3. The fraction of sp³-hybridized carbons (Fsp3) is 0.480. The second-order valence-corrected chi connectivity index (χ2v) is 10.5. The molecule has 174 valence electrons.